The Bertz CT molecular complexity index is 766. The Labute approximate surface area is 113 Å². The van der Waals surface area contributed by atoms with Crippen LogP contribution in [0.5, 0.6) is 0 Å². The molecule has 0 unspecified atom stereocenters. The highest BCUT2D eigenvalue weighted by atomic mass is 15.3. The number of benzene rings is 1. The molecule has 0 amide bonds. The van der Waals surface area contributed by atoms with Crippen LogP contribution in [0.3, 0.4) is 0 Å². The van der Waals surface area contributed by atoms with Crippen molar-refractivity contribution in [2.45, 2.75) is 20.8 Å². The second-order valence-corrected chi connectivity index (χ2v) is 5.27. The summed E-state index contributed by atoms with van der Waals surface area (Å²) in [5.41, 5.74) is 7.79. The van der Waals surface area contributed by atoms with Gasteiger partial charge in [0.2, 0.25) is 5.69 Å². The highest BCUT2D eigenvalue weighted by Crippen LogP contribution is 2.25. The molecule has 0 radical (unpaired) electrons. The number of hydrogen-bond donors (Lipinski definition) is 0. The van der Waals surface area contributed by atoms with E-state index in [0.717, 1.165) is 0 Å². The van der Waals surface area contributed by atoms with Crippen molar-refractivity contribution < 1.29 is 4.68 Å². The molecule has 3 rings (SSSR count). The van der Waals surface area contributed by atoms with Gasteiger partial charge in [-0.3, -0.25) is 0 Å². The minimum Gasteiger partial charge on any atom is -0.128 e. The van der Waals surface area contributed by atoms with Gasteiger partial charge in [0.05, 0.1) is 11.8 Å². The van der Waals surface area contributed by atoms with Gasteiger partial charge >= 0.3 is 0 Å². The summed E-state index contributed by atoms with van der Waals surface area (Å²) < 4.78 is 4.38. The predicted octanol–water partition coefficient (Wildman–Crippen LogP) is 3.36. The largest absolute Gasteiger partial charge is 0.237 e. The van der Waals surface area contributed by atoms with Crippen molar-refractivity contribution >= 4 is 5.52 Å². The SMILES string of the molecule is Cc1cc(C)c(C)c(-c2ccc3cccn3[n+]2C)c1. The number of fused-ring (bicyclic) bond motifs is 1. The molecular weight excluding hydrogens is 232 g/mol. The van der Waals surface area contributed by atoms with Crippen LogP contribution in [0.4, 0.5) is 0 Å². The molecule has 19 heavy (non-hydrogen) atoms. The molecule has 2 heteroatoms. The molecule has 0 aliphatic rings. The van der Waals surface area contributed by atoms with E-state index in [1.54, 1.807) is 0 Å². The lowest BCUT2D eigenvalue weighted by Gasteiger charge is -2.09. The van der Waals surface area contributed by atoms with Crippen molar-refractivity contribution in [2.24, 2.45) is 7.05 Å². The molecule has 0 atom stereocenters. The molecule has 2 aromatic heterocycles. The van der Waals surface area contributed by atoms with E-state index in [2.05, 4.69) is 79.6 Å². The Balaban J connectivity index is 2.33. The monoisotopic (exact) mass is 251 g/mol. The lowest BCUT2D eigenvalue weighted by molar-refractivity contribution is -0.730. The molecule has 2 heterocycles. The van der Waals surface area contributed by atoms with E-state index in [1.807, 2.05) is 0 Å². The molecule has 0 spiro atoms. The summed E-state index contributed by atoms with van der Waals surface area (Å²) in [6.07, 6.45) is 2.09. The molecule has 0 bridgehead atoms. The van der Waals surface area contributed by atoms with E-state index < -0.39 is 0 Å². The van der Waals surface area contributed by atoms with Crippen LogP contribution in [0.25, 0.3) is 16.8 Å². The Kier molecular flexibility index (Phi) is 2.67. The Morgan fingerprint density at radius 2 is 1.79 bits per heavy atom. The second kappa shape index (κ2) is 4.23. The average Bonchev–Trinajstić information content (AvgIpc) is 2.84. The number of aryl methyl sites for hydroxylation is 3. The first-order chi connectivity index (χ1) is 9.08. The van der Waals surface area contributed by atoms with Crippen LogP contribution in [0.15, 0.2) is 42.6 Å². The fourth-order valence-corrected chi connectivity index (χ4v) is 2.75. The van der Waals surface area contributed by atoms with Crippen molar-refractivity contribution in [1.29, 1.82) is 0 Å². The summed E-state index contributed by atoms with van der Waals surface area (Å²) >= 11 is 0. The Hall–Kier alpha value is -2.09. The maximum atomic E-state index is 2.27. The van der Waals surface area contributed by atoms with Gasteiger partial charge in [-0.15, -0.1) is 9.20 Å². The number of hydrogen-bond acceptors (Lipinski definition) is 0. The van der Waals surface area contributed by atoms with E-state index in [9.17, 15) is 0 Å². The highest BCUT2D eigenvalue weighted by molar-refractivity contribution is 5.65. The van der Waals surface area contributed by atoms with Crippen LogP contribution in [-0.2, 0) is 7.05 Å². The van der Waals surface area contributed by atoms with Gasteiger partial charge in [0, 0.05) is 6.07 Å². The van der Waals surface area contributed by atoms with Gasteiger partial charge in [-0.2, -0.15) is 0 Å². The molecule has 0 fully saturated rings. The summed E-state index contributed by atoms with van der Waals surface area (Å²) in [7, 11) is 2.11. The molecular formula is C17H19N2+. The van der Waals surface area contributed by atoms with Crippen LogP contribution < -0.4 is 4.68 Å². The third kappa shape index (κ3) is 1.84. The number of rotatable bonds is 1. The van der Waals surface area contributed by atoms with Gasteiger partial charge in [0.15, 0.2) is 7.05 Å². The van der Waals surface area contributed by atoms with Gasteiger partial charge in [0.1, 0.15) is 5.52 Å². The van der Waals surface area contributed by atoms with E-state index in [4.69, 9.17) is 0 Å². The fraction of sp³-hybridized carbons (Fsp3) is 0.235. The highest BCUT2D eigenvalue weighted by Gasteiger charge is 2.16. The summed E-state index contributed by atoms with van der Waals surface area (Å²) in [5.74, 6) is 0. The third-order valence-corrected chi connectivity index (χ3v) is 3.93. The molecule has 0 aliphatic carbocycles. The lowest BCUT2D eigenvalue weighted by Crippen LogP contribution is -2.39. The standard InChI is InChI=1S/C17H19N2/c1-12-10-13(2)14(3)16(11-12)17-8-7-15-6-5-9-19(15)18(17)4/h5-11H,1-4H3/q+1. The van der Waals surface area contributed by atoms with Gasteiger partial charge < -0.3 is 0 Å². The summed E-state index contributed by atoms with van der Waals surface area (Å²) in [6.45, 7) is 6.54. The van der Waals surface area contributed by atoms with E-state index in [-0.39, 0.29) is 0 Å². The molecule has 0 saturated carbocycles. The molecule has 0 N–H and O–H groups in total. The maximum absolute atomic E-state index is 2.27. The van der Waals surface area contributed by atoms with Crippen molar-refractivity contribution in [3.05, 3.63) is 59.3 Å². The van der Waals surface area contributed by atoms with Crippen molar-refractivity contribution in [1.82, 2.24) is 4.52 Å². The first-order valence-electron chi connectivity index (χ1n) is 6.62. The van der Waals surface area contributed by atoms with Gasteiger partial charge in [-0.05, 0) is 56.2 Å². The van der Waals surface area contributed by atoms with Crippen LogP contribution >= 0.6 is 0 Å². The molecule has 2 nitrogen and oxygen atoms in total. The zero-order valence-electron chi connectivity index (χ0n) is 11.9. The van der Waals surface area contributed by atoms with Crippen molar-refractivity contribution in [2.75, 3.05) is 0 Å². The molecule has 1 aromatic carbocycles. The van der Waals surface area contributed by atoms with Gasteiger partial charge in [0.25, 0.3) is 0 Å². The zero-order chi connectivity index (χ0) is 13.6. The minimum absolute atomic E-state index is 1.22. The molecule has 0 aliphatic heterocycles. The minimum atomic E-state index is 1.22. The normalized spacial score (nSPS) is 11.2. The van der Waals surface area contributed by atoms with Crippen LogP contribution in [0.1, 0.15) is 16.7 Å². The van der Waals surface area contributed by atoms with Gasteiger partial charge in [-0.1, -0.05) is 11.6 Å². The second-order valence-electron chi connectivity index (χ2n) is 5.27. The predicted molar refractivity (Wildman–Crippen MR) is 78.2 cm³/mol. The van der Waals surface area contributed by atoms with Crippen LogP contribution in [0.2, 0.25) is 0 Å². The van der Waals surface area contributed by atoms with E-state index in [0.29, 0.717) is 0 Å². The molecule has 96 valence electrons. The quantitative estimate of drug-likeness (QED) is 0.586. The van der Waals surface area contributed by atoms with E-state index >= 15 is 0 Å². The van der Waals surface area contributed by atoms with Crippen molar-refractivity contribution in [3.8, 4) is 11.3 Å². The van der Waals surface area contributed by atoms with Gasteiger partial charge in [-0.25, -0.2) is 0 Å². The average molecular weight is 251 g/mol. The number of aromatic nitrogens is 2. The first kappa shape index (κ1) is 12.0. The Morgan fingerprint density at radius 1 is 1.00 bits per heavy atom. The van der Waals surface area contributed by atoms with Crippen LogP contribution in [-0.4, -0.2) is 4.52 Å². The van der Waals surface area contributed by atoms with E-state index in [1.165, 1.54) is 33.5 Å². The smallest absolute Gasteiger partial charge is 0.128 e. The molecule has 0 saturated heterocycles. The summed E-state index contributed by atoms with van der Waals surface area (Å²) in [6, 6.07) is 13.1. The fourth-order valence-electron chi connectivity index (χ4n) is 2.75. The molecule has 3 aromatic rings. The maximum Gasteiger partial charge on any atom is 0.237 e. The third-order valence-electron chi connectivity index (χ3n) is 3.93. The summed E-state index contributed by atoms with van der Waals surface area (Å²) in [5, 5.41) is 0. The van der Waals surface area contributed by atoms with Crippen LogP contribution in [0, 0.1) is 20.8 Å². The Morgan fingerprint density at radius 3 is 2.58 bits per heavy atom. The zero-order valence-corrected chi connectivity index (χ0v) is 11.9. The lowest BCUT2D eigenvalue weighted by atomic mass is 9.97. The first-order valence-corrected chi connectivity index (χ1v) is 6.62. The summed E-state index contributed by atoms with van der Waals surface area (Å²) in [4.78, 5) is 0. The number of nitrogens with zero attached hydrogens (tertiary/aromatic N) is 2. The van der Waals surface area contributed by atoms with Crippen molar-refractivity contribution in [3.63, 3.8) is 0 Å². The topological polar surface area (TPSA) is 8.29 Å².